The largest absolute Gasteiger partial charge is 0.492 e. The van der Waals surface area contributed by atoms with Gasteiger partial charge in [-0.3, -0.25) is 4.90 Å². The highest BCUT2D eigenvalue weighted by molar-refractivity contribution is 7.21. The Kier molecular flexibility index (Phi) is 3.43. The molecule has 3 aromatic rings. The normalized spacial score (nSPS) is 15.2. The third kappa shape index (κ3) is 2.64. The first-order valence-corrected chi connectivity index (χ1v) is 8.39. The number of pyridine rings is 1. The summed E-state index contributed by atoms with van der Waals surface area (Å²) in [6, 6.07) is 6.41. The van der Waals surface area contributed by atoms with Crippen molar-refractivity contribution in [2.45, 2.75) is 13.5 Å². The quantitative estimate of drug-likeness (QED) is 0.744. The highest BCUT2D eigenvalue weighted by Gasteiger charge is 2.16. The summed E-state index contributed by atoms with van der Waals surface area (Å²) < 4.78 is 5.93. The van der Waals surface area contributed by atoms with Crippen molar-refractivity contribution in [3.63, 3.8) is 0 Å². The Hall–Kier alpha value is -2.18. The van der Waals surface area contributed by atoms with Crippen LogP contribution in [-0.2, 0) is 6.54 Å². The zero-order valence-electron chi connectivity index (χ0n) is 13.2. The summed E-state index contributed by atoms with van der Waals surface area (Å²) >= 11 is 1.41. The fraction of sp³-hybridized carbons (Fsp3) is 0.294. The Balaban J connectivity index is 1.82. The van der Waals surface area contributed by atoms with Crippen LogP contribution in [0, 0.1) is 6.92 Å². The zero-order valence-corrected chi connectivity index (χ0v) is 14.0. The molecule has 6 heteroatoms. The minimum absolute atomic E-state index is 0.554. The van der Waals surface area contributed by atoms with Gasteiger partial charge in [0.25, 0.3) is 0 Å². The zero-order chi connectivity index (χ0) is 16.0. The van der Waals surface area contributed by atoms with E-state index in [1.54, 1.807) is 0 Å². The van der Waals surface area contributed by atoms with E-state index in [1.165, 1.54) is 16.9 Å². The lowest BCUT2D eigenvalue weighted by molar-refractivity contribution is 0.258. The number of anilines is 1. The molecule has 0 aliphatic carbocycles. The molecule has 0 radical (unpaired) electrons. The van der Waals surface area contributed by atoms with Gasteiger partial charge in [-0.25, -0.2) is 9.97 Å². The van der Waals surface area contributed by atoms with Gasteiger partial charge in [0.1, 0.15) is 22.7 Å². The Bertz CT molecular complexity index is 890. The number of likely N-dealkylation sites (N-methyl/N-ethyl adjacent to an activating group) is 1. The average Bonchev–Trinajstić information content (AvgIpc) is 2.77. The van der Waals surface area contributed by atoms with Crippen LogP contribution >= 0.6 is 11.3 Å². The highest BCUT2D eigenvalue weighted by atomic mass is 32.1. The first-order valence-electron chi connectivity index (χ1n) is 7.57. The minimum atomic E-state index is 0.554. The van der Waals surface area contributed by atoms with E-state index in [9.17, 15) is 0 Å². The first kappa shape index (κ1) is 14.4. The molecule has 0 atom stereocenters. The number of fused-ring (bicyclic) bond motifs is 2. The number of benzene rings is 1. The molecular weight excluding hydrogens is 308 g/mol. The number of hydrogen-bond acceptors (Lipinski definition) is 6. The number of thiazole rings is 1. The maximum atomic E-state index is 5.93. The molecule has 0 saturated heterocycles. The Morgan fingerprint density at radius 1 is 1.26 bits per heavy atom. The third-order valence-corrected chi connectivity index (χ3v) is 4.92. The van der Waals surface area contributed by atoms with Crippen LogP contribution in [0.3, 0.4) is 0 Å². The van der Waals surface area contributed by atoms with Crippen molar-refractivity contribution in [2.75, 3.05) is 25.9 Å². The van der Waals surface area contributed by atoms with Crippen molar-refractivity contribution in [1.29, 1.82) is 0 Å². The second kappa shape index (κ2) is 5.47. The Labute approximate surface area is 138 Å². The summed E-state index contributed by atoms with van der Waals surface area (Å²) in [5.41, 5.74) is 11.2. The van der Waals surface area contributed by atoms with Gasteiger partial charge in [0.05, 0.1) is 0 Å². The summed E-state index contributed by atoms with van der Waals surface area (Å²) in [7, 11) is 2.12. The van der Waals surface area contributed by atoms with Gasteiger partial charge < -0.3 is 10.5 Å². The van der Waals surface area contributed by atoms with Crippen molar-refractivity contribution < 1.29 is 4.74 Å². The summed E-state index contributed by atoms with van der Waals surface area (Å²) in [6.45, 7) is 4.66. The number of aromatic nitrogens is 2. The Morgan fingerprint density at radius 3 is 3.00 bits per heavy atom. The monoisotopic (exact) mass is 326 g/mol. The molecule has 118 valence electrons. The lowest BCUT2D eigenvalue weighted by Crippen LogP contribution is -2.20. The predicted molar refractivity (Wildman–Crippen MR) is 93.8 cm³/mol. The molecule has 2 aromatic heterocycles. The molecular formula is C17H18N4OS. The fourth-order valence-electron chi connectivity index (χ4n) is 3.01. The summed E-state index contributed by atoms with van der Waals surface area (Å²) in [5.74, 6) is 1.02. The van der Waals surface area contributed by atoms with Gasteiger partial charge in [0, 0.05) is 30.4 Å². The fourth-order valence-corrected chi connectivity index (χ4v) is 3.67. The maximum Gasteiger partial charge on any atom is 0.182 e. The van der Waals surface area contributed by atoms with Crippen LogP contribution in [0.2, 0.25) is 0 Å². The van der Waals surface area contributed by atoms with Crippen LogP contribution in [0.25, 0.3) is 21.5 Å². The summed E-state index contributed by atoms with van der Waals surface area (Å²) in [6.07, 6.45) is 1.89. The van der Waals surface area contributed by atoms with Gasteiger partial charge in [-0.2, -0.15) is 0 Å². The molecule has 5 nitrogen and oxygen atoms in total. The van der Waals surface area contributed by atoms with Crippen LogP contribution in [0.5, 0.6) is 5.75 Å². The van der Waals surface area contributed by atoms with E-state index in [4.69, 9.17) is 10.5 Å². The molecule has 0 fully saturated rings. The molecule has 0 bridgehead atoms. The SMILES string of the molecule is Cc1cc(-c2cnc3sc(N)nc3c2)cc2c1OCCN(C)C2. The second-order valence-electron chi connectivity index (χ2n) is 5.97. The van der Waals surface area contributed by atoms with E-state index in [2.05, 4.69) is 47.0 Å². The Morgan fingerprint density at radius 2 is 2.13 bits per heavy atom. The molecule has 23 heavy (non-hydrogen) atoms. The van der Waals surface area contributed by atoms with Gasteiger partial charge in [-0.15, -0.1) is 0 Å². The molecule has 0 spiro atoms. The standard InChI is InChI=1S/C17H18N4OS/c1-10-5-11(6-13-9-21(2)3-4-22-15(10)13)12-7-14-16(19-8-12)23-17(18)20-14/h5-8H,3-4,9H2,1-2H3,(H2,18,20). The maximum absolute atomic E-state index is 5.93. The van der Waals surface area contributed by atoms with Crippen LogP contribution in [0.1, 0.15) is 11.1 Å². The van der Waals surface area contributed by atoms with Crippen molar-refractivity contribution in [2.24, 2.45) is 0 Å². The molecule has 0 unspecified atom stereocenters. The number of nitrogens with zero attached hydrogens (tertiary/aromatic N) is 3. The number of nitrogen functional groups attached to an aromatic ring is 1. The van der Waals surface area contributed by atoms with E-state index >= 15 is 0 Å². The number of rotatable bonds is 1. The van der Waals surface area contributed by atoms with Crippen molar-refractivity contribution in [3.8, 4) is 16.9 Å². The molecule has 1 aliphatic heterocycles. The van der Waals surface area contributed by atoms with Crippen LogP contribution in [0.15, 0.2) is 24.4 Å². The van der Waals surface area contributed by atoms with Crippen LogP contribution < -0.4 is 10.5 Å². The van der Waals surface area contributed by atoms with Gasteiger partial charge >= 0.3 is 0 Å². The van der Waals surface area contributed by atoms with Gasteiger partial charge in [0.2, 0.25) is 0 Å². The van der Waals surface area contributed by atoms with Crippen LogP contribution in [-0.4, -0.2) is 35.1 Å². The van der Waals surface area contributed by atoms with Crippen molar-refractivity contribution in [1.82, 2.24) is 14.9 Å². The topological polar surface area (TPSA) is 64.3 Å². The first-order chi connectivity index (χ1) is 11.1. The van der Waals surface area contributed by atoms with Gasteiger partial charge in [-0.05, 0) is 43.3 Å². The number of hydrogen-bond donors (Lipinski definition) is 1. The lowest BCUT2D eigenvalue weighted by Gasteiger charge is -2.14. The van der Waals surface area contributed by atoms with Crippen molar-refractivity contribution >= 4 is 26.8 Å². The van der Waals surface area contributed by atoms with E-state index < -0.39 is 0 Å². The third-order valence-electron chi connectivity index (χ3n) is 4.11. The van der Waals surface area contributed by atoms with E-state index in [0.29, 0.717) is 5.13 Å². The highest BCUT2D eigenvalue weighted by Crippen LogP contribution is 2.34. The minimum Gasteiger partial charge on any atom is -0.492 e. The number of aryl methyl sites for hydroxylation is 1. The lowest BCUT2D eigenvalue weighted by atomic mass is 10.00. The van der Waals surface area contributed by atoms with Gasteiger partial charge in [0.15, 0.2) is 5.13 Å². The molecule has 4 rings (SSSR count). The smallest absolute Gasteiger partial charge is 0.182 e. The molecule has 1 aromatic carbocycles. The summed E-state index contributed by atoms with van der Waals surface area (Å²) in [4.78, 5) is 12.0. The van der Waals surface area contributed by atoms with E-state index in [-0.39, 0.29) is 0 Å². The predicted octanol–water partition coefficient (Wildman–Crippen LogP) is 3.07. The number of nitrogens with two attached hydrogens (primary N) is 1. The van der Waals surface area contributed by atoms with E-state index in [1.807, 2.05) is 6.20 Å². The van der Waals surface area contributed by atoms with Crippen LogP contribution in [0.4, 0.5) is 5.13 Å². The molecule has 3 heterocycles. The van der Waals surface area contributed by atoms with Crippen molar-refractivity contribution in [3.05, 3.63) is 35.5 Å². The molecule has 1 aliphatic rings. The molecule has 0 amide bonds. The summed E-state index contributed by atoms with van der Waals surface area (Å²) in [5, 5.41) is 0.554. The average molecular weight is 326 g/mol. The molecule has 2 N–H and O–H groups in total. The molecule has 0 saturated carbocycles. The second-order valence-corrected chi connectivity index (χ2v) is 6.98. The van der Waals surface area contributed by atoms with E-state index in [0.717, 1.165) is 52.5 Å². The number of ether oxygens (including phenoxy) is 1. The van der Waals surface area contributed by atoms with Gasteiger partial charge in [-0.1, -0.05) is 11.3 Å².